The quantitative estimate of drug-likeness (QED) is 0.721. The van der Waals surface area contributed by atoms with Crippen molar-refractivity contribution in [3.63, 3.8) is 0 Å². The molecule has 1 unspecified atom stereocenters. The van der Waals surface area contributed by atoms with Gasteiger partial charge < -0.3 is 9.64 Å². The standard InChI is InChI=1S/C11H18F3NO2/c1-8(10(16)17-2)7-15-5-3-9(4-6-15)11(12,13)14/h8-9H,3-7H2,1-2H3. The molecule has 17 heavy (non-hydrogen) atoms. The van der Waals surface area contributed by atoms with Crippen LogP contribution >= 0.6 is 0 Å². The number of nitrogens with zero attached hydrogens (tertiary/aromatic N) is 1. The van der Waals surface area contributed by atoms with Gasteiger partial charge in [-0.25, -0.2) is 0 Å². The average molecular weight is 253 g/mol. The highest BCUT2D eigenvalue weighted by atomic mass is 19.4. The predicted octanol–water partition coefficient (Wildman–Crippen LogP) is 2.07. The van der Waals surface area contributed by atoms with Gasteiger partial charge in [0.1, 0.15) is 0 Å². The smallest absolute Gasteiger partial charge is 0.391 e. The van der Waals surface area contributed by atoms with Crippen LogP contribution in [0.3, 0.4) is 0 Å². The van der Waals surface area contributed by atoms with Crippen molar-refractivity contribution in [1.82, 2.24) is 4.90 Å². The summed E-state index contributed by atoms with van der Waals surface area (Å²) in [7, 11) is 1.31. The van der Waals surface area contributed by atoms with Gasteiger partial charge in [-0.3, -0.25) is 4.79 Å². The lowest BCUT2D eigenvalue weighted by atomic mass is 9.95. The van der Waals surface area contributed by atoms with Crippen LogP contribution in [0.15, 0.2) is 0 Å². The number of hydrogen-bond acceptors (Lipinski definition) is 3. The highest BCUT2D eigenvalue weighted by Crippen LogP contribution is 2.34. The van der Waals surface area contributed by atoms with Gasteiger partial charge in [0.25, 0.3) is 0 Å². The van der Waals surface area contributed by atoms with Crippen LogP contribution in [0.2, 0.25) is 0 Å². The summed E-state index contributed by atoms with van der Waals surface area (Å²) in [6.45, 7) is 2.98. The van der Waals surface area contributed by atoms with Crippen molar-refractivity contribution < 1.29 is 22.7 Å². The Morgan fingerprint density at radius 3 is 2.35 bits per heavy atom. The third kappa shape index (κ3) is 4.18. The number of esters is 1. The highest BCUT2D eigenvalue weighted by Gasteiger charge is 2.41. The molecule has 1 aliphatic heterocycles. The van der Waals surface area contributed by atoms with Crippen molar-refractivity contribution in [3.8, 4) is 0 Å². The van der Waals surface area contributed by atoms with E-state index in [-0.39, 0.29) is 24.7 Å². The Bertz CT molecular complexity index is 260. The third-order valence-corrected chi connectivity index (χ3v) is 3.19. The molecule has 0 radical (unpaired) electrons. The zero-order valence-electron chi connectivity index (χ0n) is 10.1. The van der Waals surface area contributed by atoms with E-state index < -0.39 is 12.1 Å². The lowest BCUT2D eigenvalue weighted by Gasteiger charge is -2.33. The normalized spacial score (nSPS) is 21.2. The van der Waals surface area contributed by atoms with Crippen molar-refractivity contribution in [3.05, 3.63) is 0 Å². The molecular formula is C11H18F3NO2. The number of ether oxygens (including phenoxy) is 1. The molecule has 0 aliphatic carbocycles. The van der Waals surface area contributed by atoms with Gasteiger partial charge in [-0.2, -0.15) is 13.2 Å². The van der Waals surface area contributed by atoms with Gasteiger partial charge in [0.15, 0.2) is 0 Å². The number of piperidine rings is 1. The summed E-state index contributed by atoms with van der Waals surface area (Å²) >= 11 is 0. The summed E-state index contributed by atoms with van der Waals surface area (Å²) in [6.07, 6.45) is -3.84. The largest absolute Gasteiger partial charge is 0.469 e. The van der Waals surface area contributed by atoms with E-state index in [9.17, 15) is 18.0 Å². The molecule has 0 saturated carbocycles. The lowest BCUT2D eigenvalue weighted by molar-refractivity contribution is -0.185. The second-order valence-electron chi connectivity index (χ2n) is 4.54. The van der Waals surface area contributed by atoms with E-state index in [2.05, 4.69) is 4.74 Å². The molecule has 0 N–H and O–H groups in total. The number of rotatable bonds is 3. The Morgan fingerprint density at radius 1 is 1.41 bits per heavy atom. The van der Waals surface area contributed by atoms with E-state index >= 15 is 0 Å². The van der Waals surface area contributed by atoms with Crippen LogP contribution in [0.5, 0.6) is 0 Å². The molecule has 0 bridgehead atoms. The number of methoxy groups -OCH3 is 1. The zero-order chi connectivity index (χ0) is 13.1. The number of carbonyl (C=O) groups excluding carboxylic acids is 1. The average Bonchev–Trinajstić information content (AvgIpc) is 2.27. The van der Waals surface area contributed by atoms with Crippen LogP contribution in [0.1, 0.15) is 19.8 Å². The topological polar surface area (TPSA) is 29.5 Å². The Hall–Kier alpha value is -0.780. The summed E-state index contributed by atoms with van der Waals surface area (Å²) in [6, 6.07) is 0. The Balaban J connectivity index is 2.35. The number of likely N-dealkylation sites (tertiary alicyclic amines) is 1. The first-order valence-corrected chi connectivity index (χ1v) is 5.71. The maximum Gasteiger partial charge on any atom is 0.391 e. The van der Waals surface area contributed by atoms with Gasteiger partial charge >= 0.3 is 12.1 Å². The molecule has 1 atom stereocenters. The molecule has 1 fully saturated rings. The number of carbonyl (C=O) groups is 1. The van der Waals surface area contributed by atoms with Crippen molar-refractivity contribution in [2.75, 3.05) is 26.7 Å². The molecule has 1 saturated heterocycles. The molecule has 0 spiro atoms. The molecule has 0 aromatic heterocycles. The minimum absolute atomic E-state index is 0.122. The van der Waals surface area contributed by atoms with E-state index in [1.165, 1.54) is 7.11 Å². The summed E-state index contributed by atoms with van der Waals surface area (Å²) in [5.41, 5.74) is 0. The first kappa shape index (κ1) is 14.3. The van der Waals surface area contributed by atoms with E-state index in [1.54, 1.807) is 6.92 Å². The first-order valence-electron chi connectivity index (χ1n) is 5.71. The van der Waals surface area contributed by atoms with E-state index in [0.717, 1.165) is 0 Å². The van der Waals surface area contributed by atoms with Crippen LogP contribution in [0.4, 0.5) is 13.2 Å². The Kier molecular flexibility index (Phi) is 4.80. The van der Waals surface area contributed by atoms with E-state index in [0.29, 0.717) is 19.6 Å². The second kappa shape index (κ2) is 5.71. The van der Waals surface area contributed by atoms with Crippen molar-refractivity contribution >= 4 is 5.97 Å². The lowest BCUT2D eigenvalue weighted by Crippen LogP contribution is -2.41. The van der Waals surface area contributed by atoms with Crippen LogP contribution in [-0.4, -0.2) is 43.8 Å². The van der Waals surface area contributed by atoms with E-state index in [1.807, 2.05) is 4.90 Å². The third-order valence-electron chi connectivity index (χ3n) is 3.19. The van der Waals surface area contributed by atoms with Crippen LogP contribution in [0.25, 0.3) is 0 Å². The summed E-state index contributed by atoms with van der Waals surface area (Å²) in [4.78, 5) is 13.1. The van der Waals surface area contributed by atoms with Crippen molar-refractivity contribution in [2.45, 2.75) is 25.9 Å². The molecule has 1 heterocycles. The minimum atomic E-state index is -4.08. The monoisotopic (exact) mass is 253 g/mol. The fourth-order valence-electron chi connectivity index (χ4n) is 2.11. The molecular weight excluding hydrogens is 235 g/mol. The van der Waals surface area contributed by atoms with Gasteiger partial charge in [-0.1, -0.05) is 6.92 Å². The SMILES string of the molecule is COC(=O)C(C)CN1CCC(C(F)(F)F)CC1. The minimum Gasteiger partial charge on any atom is -0.469 e. The maximum absolute atomic E-state index is 12.4. The van der Waals surface area contributed by atoms with E-state index in [4.69, 9.17) is 0 Å². The molecule has 6 heteroatoms. The maximum atomic E-state index is 12.4. The molecule has 100 valence electrons. The van der Waals surface area contributed by atoms with Crippen LogP contribution < -0.4 is 0 Å². The fourth-order valence-corrected chi connectivity index (χ4v) is 2.11. The zero-order valence-corrected chi connectivity index (χ0v) is 10.1. The molecule has 3 nitrogen and oxygen atoms in total. The summed E-state index contributed by atoms with van der Waals surface area (Å²) < 4.78 is 41.8. The highest BCUT2D eigenvalue weighted by molar-refractivity contribution is 5.72. The molecule has 0 aromatic carbocycles. The van der Waals surface area contributed by atoms with Crippen LogP contribution in [0, 0.1) is 11.8 Å². The number of hydrogen-bond donors (Lipinski definition) is 0. The van der Waals surface area contributed by atoms with Crippen molar-refractivity contribution in [1.29, 1.82) is 0 Å². The van der Waals surface area contributed by atoms with Crippen molar-refractivity contribution in [2.24, 2.45) is 11.8 Å². The van der Waals surface area contributed by atoms with Gasteiger partial charge in [-0.05, 0) is 25.9 Å². The predicted molar refractivity (Wildman–Crippen MR) is 56.4 cm³/mol. The summed E-state index contributed by atoms with van der Waals surface area (Å²) in [5, 5.41) is 0. The first-order chi connectivity index (χ1) is 7.84. The Morgan fingerprint density at radius 2 is 1.94 bits per heavy atom. The van der Waals surface area contributed by atoms with Crippen LogP contribution in [-0.2, 0) is 9.53 Å². The second-order valence-corrected chi connectivity index (χ2v) is 4.54. The molecule has 0 amide bonds. The van der Waals surface area contributed by atoms with Gasteiger partial charge in [0.05, 0.1) is 18.9 Å². The molecule has 1 rings (SSSR count). The number of halogens is 3. The molecule has 1 aliphatic rings. The Labute approximate surface area is 98.9 Å². The van der Waals surface area contributed by atoms with Gasteiger partial charge in [0.2, 0.25) is 0 Å². The van der Waals surface area contributed by atoms with Gasteiger partial charge in [0, 0.05) is 6.54 Å². The molecule has 0 aromatic rings. The summed E-state index contributed by atoms with van der Waals surface area (Å²) in [5.74, 6) is -1.79. The number of alkyl halides is 3. The fraction of sp³-hybridized carbons (Fsp3) is 0.909. The van der Waals surface area contributed by atoms with Gasteiger partial charge in [-0.15, -0.1) is 0 Å².